The van der Waals surface area contributed by atoms with Crippen LogP contribution < -0.4 is 4.90 Å². The van der Waals surface area contributed by atoms with Crippen LogP contribution in [0.15, 0.2) is 47.8 Å². The van der Waals surface area contributed by atoms with Crippen LogP contribution in [0.5, 0.6) is 0 Å². The van der Waals surface area contributed by atoms with E-state index in [1.165, 1.54) is 22.3 Å². The zero-order valence-corrected chi connectivity index (χ0v) is 17.5. The zero-order valence-electron chi connectivity index (χ0n) is 16.7. The number of rotatable bonds is 5. The van der Waals surface area contributed by atoms with E-state index in [9.17, 15) is 18.0 Å². The first-order valence-electron chi connectivity index (χ1n) is 9.81. The van der Waals surface area contributed by atoms with Crippen LogP contribution in [0, 0.1) is 6.92 Å². The SMILES string of the molecule is Cc1cccc(C(=O)N(C[C@@H]2CCCO2)c2nc(-c3cccc(C(F)(F)F)c3)cs2)n1. The third kappa shape index (κ3) is 4.94. The van der Waals surface area contributed by atoms with Crippen molar-refractivity contribution in [1.29, 1.82) is 0 Å². The van der Waals surface area contributed by atoms with Gasteiger partial charge in [-0.25, -0.2) is 9.97 Å². The van der Waals surface area contributed by atoms with E-state index in [-0.39, 0.29) is 17.7 Å². The molecule has 31 heavy (non-hydrogen) atoms. The average molecular weight is 447 g/mol. The molecule has 0 N–H and O–H groups in total. The summed E-state index contributed by atoms with van der Waals surface area (Å²) < 4.78 is 44.9. The molecule has 3 heterocycles. The van der Waals surface area contributed by atoms with E-state index < -0.39 is 11.7 Å². The average Bonchev–Trinajstić information content (AvgIpc) is 3.43. The molecule has 0 bridgehead atoms. The zero-order chi connectivity index (χ0) is 22.0. The monoisotopic (exact) mass is 447 g/mol. The smallest absolute Gasteiger partial charge is 0.376 e. The van der Waals surface area contributed by atoms with E-state index in [2.05, 4.69) is 9.97 Å². The molecule has 1 aliphatic rings. The van der Waals surface area contributed by atoms with Gasteiger partial charge in [-0.3, -0.25) is 9.69 Å². The van der Waals surface area contributed by atoms with Crippen LogP contribution in [0.1, 0.15) is 34.6 Å². The van der Waals surface area contributed by atoms with Crippen LogP contribution in [-0.4, -0.2) is 35.1 Å². The fourth-order valence-electron chi connectivity index (χ4n) is 3.42. The van der Waals surface area contributed by atoms with Crippen LogP contribution in [0.2, 0.25) is 0 Å². The van der Waals surface area contributed by atoms with Gasteiger partial charge in [0.1, 0.15) is 5.69 Å². The summed E-state index contributed by atoms with van der Waals surface area (Å²) in [4.78, 5) is 23.6. The second-order valence-electron chi connectivity index (χ2n) is 7.31. The van der Waals surface area contributed by atoms with Gasteiger partial charge in [0, 0.05) is 23.2 Å². The number of carbonyl (C=O) groups is 1. The maximum absolute atomic E-state index is 13.2. The lowest BCUT2D eigenvalue weighted by molar-refractivity contribution is -0.137. The van der Waals surface area contributed by atoms with Crippen LogP contribution >= 0.6 is 11.3 Å². The number of aryl methyl sites for hydroxylation is 1. The lowest BCUT2D eigenvalue weighted by Crippen LogP contribution is -2.38. The number of aromatic nitrogens is 2. The number of nitrogens with zero attached hydrogens (tertiary/aromatic N) is 3. The van der Waals surface area contributed by atoms with Crippen LogP contribution in [0.3, 0.4) is 0 Å². The molecule has 1 aliphatic heterocycles. The highest BCUT2D eigenvalue weighted by atomic mass is 32.1. The Morgan fingerprint density at radius 2 is 2.03 bits per heavy atom. The van der Waals surface area contributed by atoms with Gasteiger partial charge < -0.3 is 4.74 Å². The number of hydrogen-bond donors (Lipinski definition) is 0. The quantitative estimate of drug-likeness (QED) is 0.529. The number of alkyl halides is 3. The van der Waals surface area contributed by atoms with Crippen molar-refractivity contribution in [2.75, 3.05) is 18.1 Å². The van der Waals surface area contributed by atoms with Gasteiger partial charge in [-0.05, 0) is 44.0 Å². The molecule has 4 rings (SSSR count). The molecule has 3 aromatic rings. The van der Waals surface area contributed by atoms with E-state index >= 15 is 0 Å². The summed E-state index contributed by atoms with van der Waals surface area (Å²) in [5.41, 5.74) is 0.986. The fourth-order valence-corrected chi connectivity index (χ4v) is 4.26. The lowest BCUT2D eigenvalue weighted by atomic mass is 10.1. The summed E-state index contributed by atoms with van der Waals surface area (Å²) in [6, 6.07) is 10.2. The maximum atomic E-state index is 13.2. The summed E-state index contributed by atoms with van der Waals surface area (Å²) in [5, 5.41) is 2.06. The number of carbonyl (C=O) groups excluding carboxylic acids is 1. The first-order chi connectivity index (χ1) is 14.8. The second kappa shape index (κ2) is 8.76. The van der Waals surface area contributed by atoms with Crippen molar-refractivity contribution in [3.05, 3.63) is 64.8 Å². The molecule has 1 fully saturated rings. The van der Waals surface area contributed by atoms with Crippen molar-refractivity contribution in [1.82, 2.24) is 9.97 Å². The molecule has 1 atom stereocenters. The summed E-state index contributed by atoms with van der Waals surface area (Å²) in [6.45, 7) is 2.75. The van der Waals surface area contributed by atoms with Crippen molar-refractivity contribution >= 4 is 22.4 Å². The molecule has 1 aromatic carbocycles. The second-order valence-corrected chi connectivity index (χ2v) is 8.15. The standard InChI is InChI=1S/C22H20F3N3O2S/c1-14-5-2-9-18(26-14)20(29)28(12-17-8-4-10-30-17)21-27-19(13-31-21)15-6-3-7-16(11-15)22(23,24)25/h2-3,5-7,9,11,13,17H,4,8,10,12H2,1H3/t17-/m0/s1. The molecule has 162 valence electrons. The number of anilines is 1. The lowest BCUT2D eigenvalue weighted by Gasteiger charge is -2.22. The highest BCUT2D eigenvalue weighted by Gasteiger charge is 2.31. The molecule has 1 saturated heterocycles. The summed E-state index contributed by atoms with van der Waals surface area (Å²) in [5.74, 6) is -0.316. The maximum Gasteiger partial charge on any atom is 0.416 e. The Balaban J connectivity index is 1.66. The first-order valence-corrected chi connectivity index (χ1v) is 10.7. The Morgan fingerprint density at radius 3 is 2.74 bits per heavy atom. The Kier molecular flexibility index (Phi) is 6.06. The highest BCUT2D eigenvalue weighted by Crippen LogP contribution is 2.34. The largest absolute Gasteiger partial charge is 0.416 e. The topological polar surface area (TPSA) is 55.3 Å². The summed E-state index contributed by atoms with van der Waals surface area (Å²) >= 11 is 1.21. The Bertz CT molecular complexity index is 1080. The molecule has 0 aliphatic carbocycles. The van der Waals surface area contributed by atoms with Gasteiger partial charge in [0.25, 0.3) is 5.91 Å². The van der Waals surface area contributed by atoms with E-state index in [0.29, 0.717) is 35.2 Å². The predicted molar refractivity (Wildman–Crippen MR) is 112 cm³/mol. The van der Waals surface area contributed by atoms with Crippen LogP contribution in [-0.2, 0) is 10.9 Å². The Labute approximate surface area is 181 Å². The van der Waals surface area contributed by atoms with Crippen molar-refractivity contribution in [3.8, 4) is 11.3 Å². The van der Waals surface area contributed by atoms with Crippen molar-refractivity contribution in [2.45, 2.75) is 32.0 Å². The summed E-state index contributed by atoms with van der Waals surface area (Å²) in [7, 11) is 0. The van der Waals surface area contributed by atoms with Gasteiger partial charge in [-0.1, -0.05) is 18.2 Å². The molecule has 2 aromatic heterocycles. The molecule has 0 spiro atoms. The van der Waals surface area contributed by atoms with E-state index in [1.54, 1.807) is 36.6 Å². The Hall–Kier alpha value is -2.78. The minimum absolute atomic E-state index is 0.116. The molecular weight excluding hydrogens is 427 g/mol. The third-order valence-corrected chi connectivity index (χ3v) is 5.84. The molecule has 0 radical (unpaired) electrons. The van der Waals surface area contributed by atoms with Crippen LogP contribution in [0.4, 0.5) is 18.3 Å². The molecule has 9 heteroatoms. The molecule has 0 unspecified atom stereocenters. The number of amides is 1. The normalized spacial score (nSPS) is 16.5. The predicted octanol–water partition coefficient (Wildman–Crippen LogP) is 5.36. The molecule has 1 amide bonds. The van der Waals surface area contributed by atoms with Gasteiger partial charge in [0.2, 0.25) is 0 Å². The highest BCUT2D eigenvalue weighted by molar-refractivity contribution is 7.14. The van der Waals surface area contributed by atoms with Crippen molar-refractivity contribution in [3.63, 3.8) is 0 Å². The Morgan fingerprint density at radius 1 is 1.23 bits per heavy atom. The number of ether oxygens (including phenoxy) is 1. The first kappa shape index (κ1) is 21.5. The van der Waals surface area contributed by atoms with Gasteiger partial charge in [-0.15, -0.1) is 11.3 Å². The van der Waals surface area contributed by atoms with Gasteiger partial charge in [0.15, 0.2) is 5.13 Å². The molecule has 0 saturated carbocycles. The number of thiazole rings is 1. The van der Waals surface area contributed by atoms with Gasteiger partial charge in [-0.2, -0.15) is 13.2 Å². The minimum Gasteiger partial charge on any atom is -0.376 e. The van der Waals surface area contributed by atoms with Gasteiger partial charge >= 0.3 is 6.18 Å². The summed E-state index contributed by atoms with van der Waals surface area (Å²) in [6.07, 6.45) is -2.80. The van der Waals surface area contributed by atoms with E-state index in [4.69, 9.17) is 4.74 Å². The van der Waals surface area contributed by atoms with Crippen molar-refractivity contribution < 1.29 is 22.7 Å². The number of halogens is 3. The molecule has 5 nitrogen and oxygen atoms in total. The number of hydrogen-bond acceptors (Lipinski definition) is 5. The fraction of sp³-hybridized carbons (Fsp3) is 0.318. The van der Waals surface area contributed by atoms with E-state index in [0.717, 1.165) is 25.0 Å². The third-order valence-electron chi connectivity index (χ3n) is 4.97. The van der Waals surface area contributed by atoms with Crippen molar-refractivity contribution in [2.24, 2.45) is 0 Å². The minimum atomic E-state index is -4.44. The van der Waals surface area contributed by atoms with E-state index in [1.807, 2.05) is 0 Å². The molecular formula is C22H20F3N3O2S. The number of benzene rings is 1. The van der Waals surface area contributed by atoms with Gasteiger partial charge in [0.05, 0.1) is 23.9 Å². The number of pyridine rings is 1. The van der Waals surface area contributed by atoms with Crippen LogP contribution in [0.25, 0.3) is 11.3 Å².